The van der Waals surface area contributed by atoms with E-state index in [0.717, 1.165) is 70.6 Å². The Balaban J connectivity index is 1.35. The Bertz CT molecular complexity index is 1430. The third-order valence-corrected chi connectivity index (χ3v) is 11.1. The van der Waals surface area contributed by atoms with Crippen LogP contribution in [0, 0.1) is 17.3 Å². The minimum Gasteiger partial charge on any atom is -0.376 e. The Morgan fingerprint density at radius 3 is 2.12 bits per heavy atom. The number of hydrogen-bond donors (Lipinski definition) is 5. The zero-order valence-corrected chi connectivity index (χ0v) is 30.0. The lowest BCUT2D eigenvalue weighted by Crippen LogP contribution is -2.63. The number of nitrogens with one attached hydrogen (secondary N) is 4. The van der Waals surface area contributed by atoms with Gasteiger partial charge >= 0.3 is 0 Å². The third-order valence-electron chi connectivity index (χ3n) is 11.1. The summed E-state index contributed by atoms with van der Waals surface area (Å²) in [5.41, 5.74) is -2.26. The van der Waals surface area contributed by atoms with Gasteiger partial charge in [0.25, 0.3) is 11.8 Å². The maximum atomic E-state index is 14.7. The van der Waals surface area contributed by atoms with Crippen LogP contribution in [-0.2, 0) is 34.4 Å². The number of amides is 5. The van der Waals surface area contributed by atoms with Gasteiger partial charge in [-0.15, -0.1) is 0 Å². The van der Waals surface area contributed by atoms with Crippen LogP contribution >= 0.6 is 0 Å². The number of fused-ring (bicyclic) bond motifs is 1. The Hall–Kier alpha value is -3.80. The maximum Gasteiger partial charge on any atom is 0.289 e. The van der Waals surface area contributed by atoms with Crippen molar-refractivity contribution in [1.82, 2.24) is 26.2 Å². The molecule has 1 aliphatic heterocycles. The quantitative estimate of drug-likeness (QED) is 0.209. The lowest BCUT2D eigenvalue weighted by molar-refractivity contribution is -0.148. The van der Waals surface area contributed by atoms with Crippen molar-refractivity contribution in [2.75, 3.05) is 6.54 Å². The fourth-order valence-corrected chi connectivity index (χ4v) is 7.94. The van der Waals surface area contributed by atoms with Crippen LogP contribution < -0.4 is 21.3 Å². The highest BCUT2D eigenvalue weighted by Gasteiger charge is 2.51. The van der Waals surface area contributed by atoms with Crippen LogP contribution in [-0.4, -0.2) is 82.1 Å². The van der Waals surface area contributed by atoms with E-state index in [4.69, 9.17) is 0 Å². The zero-order chi connectivity index (χ0) is 36.2. The zero-order valence-electron chi connectivity index (χ0n) is 30.0. The molecular weight excluding hydrogens is 638 g/mol. The number of nitrogens with zero attached hydrogens (tertiary/aromatic N) is 1. The van der Waals surface area contributed by atoms with Crippen LogP contribution in [0.1, 0.15) is 110 Å². The van der Waals surface area contributed by atoms with Crippen molar-refractivity contribution in [2.45, 2.75) is 141 Å². The molecule has 6 atom stereocenters. The molecular formula is C38H55N5O7. The molecule has 4 aliphatic rings. The van der Waals surface area contributed by atoms with E-state index >= 15 is 0 Å². The molecule has 50 heavy (non-hydrogen) atoms. The van der Waals surface area contributed by atoms with Gasteiger partial charge in [-0.05, 0) is 74.7 Å². The molecule has 3 unspecified atom stereocenters. The van der Waals surface area contributed by atoms with Crippen molar-refractivity contribution < 1.29 is 33.9 Å². The molecule has 0 spiro atoms. The number of Topliss-reactive ketones (excluding diaryl/α,β-unsaturated/α-hetero) is 1. The number of rotatable bonds is 12. The number of carbonyl (C=O) groups is 6. The lowest BCUT2D eigenvalue weighted by Gasteiger charge is -2.40. The molecule has 5 amide bonds. The average molecular weight is 694 g/mol. The second kappa shape index (κ2) is 15.6. The molecule has 0 radical (unpaired) electrons. The van der Waals surface area contributed by atoms with Gasteiger partial charge in [0.15, 0.2) is 5.60 Å². The highest BCUT2D eigenvalue weighted by atomic mass is 16.3. The van der Waals surface area contributed by atoms with E-state index in [1.807, 2.05) is 20.8 Å². The summed E-state index contributed by atoms with van der Waals surface area (Å²) in [6, 6.07) is 5.51. The maximum absolute atomic E-state index is 14.7. The van der Waals surface area contributed by atoms with E-state index in [-0.39, 0.29) is 29.8 Å². The number of hydrogen-bond acceptors (Lipinski definition) is 7. The van der Waals surface area contributed by atoms with Gasteiger partial charge in [0.05, 0.1) is 6.54 Å². The molecule has 12 heteroatoms. The normalized spacial score (nSPS) is 24.9. The first-order valence-corrected chi connectivity index (χ1v) is 18.5. The smallest absolute Gasteiger partial charge is 0.289 e. The minimum atomic E-state index is -1.89. The first kappa shape index (κ1) is 37.5. The van der Waals surface area contributed by atoms with Crippen molar-refractivity contribution >= 4 is 35.3 Å². The Morgan fingerprint density at radius 1 is 0.840 bits per heavy atom. The topological polar surface area (TPSA) is 174 Å². The molecule has 274 valence electrons. The summed E-state index contributed by atoms with van der Waals surface area (Å²) >= 11 is 0. The first-order valence-electron chi connectivity index (χ1n) is 18.5. The van der Waals surface area contributed by atoms with Gasteiger partial charge < -0.3 is 31.3 Å². The van der Waals surface area contributed by atoms with Gasteiger partial charge in [-0.25, -0.2) is 0 Å². The molecule has 3 aliphatic carbocycles. The minimum absolute atomic E-state index is 0.0146. The molecule has 0 bridgehead atoms. The van der Waals surface area contributed by atoms with E-state index in [0.29, 0.717) is 12.0 Å². The summed E-state index contributed by atoms with van der Waals surface area (Å²) in [4.78, 5) is 82.6. The second-order valence-corrected chi connectivity index (χ2v) is 16.1. The highest BCUT2D eigenvalue weighted by Crippen LogP contribution is 2.41. The van der Waals surface area contributed by atoms with Crippen LogP contribution in [0.5, 0.6) is 0 Å². The summed E-state index contributed by atoms with van der Waals surface area (Å²) in [6.07, 6.45) is 9.86. The largest absolute Gasteiger partial charge is 0.376 e. The van der Waals surface area contributed by atoms with E-state index in [9.17, 15) is 33.9 Å². The van der Waals surface area contributed by atoms with Gasteiger partial charge in [0.1, 0.15) is 18.1 Å². The van der Waals surface area contributed by atoms with Crippen molar-refractivity contribution in [1.29, 1.82) is 0 Å². The summed E-state index contributed by atoms with van der Waals surface area (Å²) in [5, 5.41) is 22.4. The fraction of sp³-hybridized carbons (Fsp3) is 0.684. The molecule has 12 nitrogen and oxygen atoms in total. The van der Waals surface area contributed by atoms with Crippen molar-refractivity contribution in [3.05, 3.63) is 35.9 Å². The molecule has 0 aromatic heterocycles. The van der Waals surface area contributed by atoms with E-state index in [1.165, 1.54) is 6.92 Å². The summed E-state index contributed by atoms with van der Waals surface area (Å²) in [7, 11) is 0. The lowest BCUT2D eigenvalue weighted by atomic mass is 9.81. The van der Waals surface area contributed by atoms with Gasteiger partial charge in [0.2, 0.25) is 23.5 Å². The van der Waals surface area contributed by atoms with Crippen LogP contribution in [0.15, 0.2) is 30.3 Å². The molecule has 1 aromatic rings. The van der Waals surface area contributed by atoms with Crippen molar-refractivity contribution in [3.8, 4) is 0 Å². The van der Waals surface area contributed by atoms with Crippen LogP contribution in [0.2, 0.25) is 0 Å². The van der Waals surface area contributed by atoms with Gasteiger partial charge in [0, 0.05) is 12.1 Å². The van der Waals surface area contributed by atoms with Crippen molar-refractivity contribution in [3.63, 3.8) is 0 Å². The van der Waals surface area contributed by atoms with Crippen LogP contribution in [0.4, 0.5) is 0 Å². The number of aliphatic hydroxyl groups is 1. The number of likely N-dealkylation sites (tertiary alicyclic amines) is 1. The molecule has 4 fully saturated rings. The average Bonchev–Trinajstić information content (AvgIpc) is 3.83. The molecule has 1 aromatic carbocycles. The standard InChI is InChI=1S/C38H55N5O7/c1-37(2,3)31(42-34(47)30(23-13-7-5-8-14-23)41-36(49)38(4,50)25-16-9-6-10-17-25)35(48)43-27-18-12-11-15-24(27)21-28(43)32(45)39-22-29(44)33(46)40-26-19-20-26/h6,9-10,16-17,23-24,26-28,30-31,50H,5,7-8,11-15,18-22H2,1-4H3,(H,39,45)(H,40,46)(H,41,49)(H,42,47)/t24?,27?,28-,30?,31+,38+/m0/s1. The summed E-state index contributed by atoms with van der Waals surface area (Å²) in [5.74, 6) is -3.62. The first-order chi connectivity index (χ1) is 23.7. The van der Waals surface area contributed by atoms with Crippen LogP contribution in [0.25, 0.3) is 0 Å². The van der Waals surface area contributed by atoms with Crippen molar-refractivity contribution in [2.24, 2.45) is 17.3 Å². The molecule has 1 heterocycles. The molecule has 5 rings (SSSR count). The Morgan fingerprint density at radius 2 is 1.48 bits per heavy atom. The Labute approximate surface area is 295 Å². The summed E-state index contributed by atoms with van der Waals surface area (Å²) < 4.78 is 0. The number of benzene rings is 1. The molecule has 5 N–H and O–H groups in total. The van der Waals surface area contributed by atoms with Crippen LogP contribution in [0.3, 0.4) is 0 Å². The predicted octanol–water partition coefficient (Wildman–Crippen LogP) is 2.61. The van der Waals surface area contributed by atoms with Gasteiger partial charge in [-0.2, -0.15) is 0 Å². The fourth-order valence-electron chi connectivity index (χ4n) is 7.94. The van der Waals surface area contributed by atoms with Gasteiger partial charge in [-0.1, -0.05) is 83.2 Å². The number of carbonyl (C=O) groups excluding carboxylic acids is 6. The number of ketones is 1. The predicted molar refractivity (Wildman–Crippen MR) is 186 cm³/mol. The third kappa shape index (κ3) is 8.73. The summed E-state index contributed by atoms with van der Waals surface area (Å²) in [6.45, 7) is 6.50. The van der Waals surface area contributed by atoms with E-state index < -0.39 is 65.1 Å². The Kier molecular flexibility index (Phi) is 11.7. The van der Waals surface area contributed by atoms with E-state index in [1.54, 1.807) is 35.2 Å². The molecule has 1 saturated heterocycles. The monoisotopic (exact) mass is 693 g/mol. The molecule has 3 saturated carbocycles. The SMILES string of the molecule is CC(C)(C)[C@H](NC(=O)C(NC(=O)[C@](C)(O)c1ccccc1)C1CCCCC1)C(=O)N1C2CCCCC2C[C@H]1C(=O)NCC(=O)C(=O)NC1CC1. The van der Waals surface area contributed by atoms with Gasteiger partial charge in [-0.3, -0.25) is 28.8 Å². The second-order valence-electron chi connectivity index (χ2n) is 16.1. The highest BCUT2D eigenvalue weighted by molar-refractivity contribution is 6.37. The van der Waals surface area contributed by atoms with E-state index in [2.05, 4.69) is 21.3 Å².